The van der Waals surface area contributed by atoms with Crippen LogP contribution < -0.4 is 0 Å². The predicted octanol–water partition coefficient (Wildman–Crippen LogP) is 2.59. The first-order chi connectivity index (χ1) is 12.1. The Morgan fingerprint density at radius 2 is 1.84 bits per heavy atom. The number of thiazole rings is 1. The molecule has 0 spiro atoms. The molecule has 0 unspecified atom stereocenters. The number of likely N-dealkylation sites (tertiary alicyclic amines) is 2. The van der Waals surface area contributed by atoms with Gasteiger partial charge in [-0.3, -0.25) is 4.79 Å². The van der Waals surface area contributed by atoms with Gasteiger partial charge in [0.15, 0.2) is 0 Å². The summed E-state index contributed by atoms with van der Waals surface area (Å²) in [7, 11) is 1.86. The van der Waals surface area contributed by atoms with E-state index in [2.05, 4.69) is 11.9 Å². The van der Waals surface area contributed by atoms with E-state index in [1.807, 2.05) is 22.2 Å². The first kappa shape index (κ1) is 18.2. The van der Waals surface area contributed by atoms with Crippen LogP contribution in [0.3, 0.4) is 0 Å². The summed E-state index contributed by atoms with van der Waals surface area (Å²) < 4.78 is 0. The normalized spacial score (nSPS) is 18.6. The lowest BCUT2D eigenvalue weighted by atomic mass is 9.95. The molecule has 3 heterocycles. The number of piperidine rings is 1. The largest absolute Gasteiger partial charge is 0.340 e. The van der Waals surface area contributed by atoms with Crippen molar-refractivity contribution in [1.82, 2.24) is 19.7 Å². The fourth-order valence-corrected chi connectivity index (χ4v) is 4.38. The maximum absolute atomic E-state index is 12.7. The van der Waals surface area contributed by atoms with E-state index in [4.69, 9.17) is 0 Å². The number of carbonyl (C=O) groups is 2. The zero-order valence-electron chi connectivity index (χ0n) is 15.2. The molecule has 2 aliphatic heterocycles. The molecule has 138 valence electrons. The predicted molar refractivity (Wildman–Crippen MR) is 98.5 cm³/mol. The standard InChI is InChI=1S/C18H28N4O2S/c1-3-16-19-15(13-25-16)12-20(2)17(23)14-6-10-22(11-7-14)18(24)21-8-4-5-9-21/h13-14H,3-12H2,1-2H3. The topological polar surface area (TPSA) is 56.8 Å². The molecule has 2 saturated heterocycles. The van der Waals surface area contributed by atoms with Gasteiger partial charge in [-0.05, 0) is 32.1 Å². The Hall–Kier alpha value is -1.63. The van der Waals surface area contributed by atoms with E-state index >= 15 is 0 Å². The summed E-state index contributed by atoms with van der Waals surface area (Å²) in [5.41, 5.74) is 0.972. The van der Waals surface area contributed by atoms with Gasteiger partial charge >= 0.3 is 6.03 Å². The van der Waals surface area contributed by atoms with Crippen molar-refractivity contribution in [3.8, 4) is 0 Å². The summed E-state index contributed by atoms with van der Waals surface area (Å²) >= 11 is 1.66. The van der Waals surface area contributed by atoms with Crippen LogP contribution in [-0.4, -0.2) is 64.8 Å². The molecule has 0 N–H and O–H groups in total. The Bertz CT molecular complexity index is 604. The minimum atomic E-state index is 0.0249. The molecule has 0 atom stereocenters. The highest BCUT2D eigenvalue weighted by molar-refractivity contribution is 7.09. The molecular formula is C18H28N4O2S. The van der Waals surface area contributed by atoms with Gasteiger partial charge in [0.1, 0.15) is 0 Å². The second-order valence-electron chi connectivity index (χ2n) is 7.02. The third-order valence-electron chi connectivity index (χ3n) is 5.17. The molecule has 3 amide bonds. The van der Waals surface area contributed by atoms with Crippen LogP contribution in [0.25, 0.3) is 0 Å². The zero-order chi connectivity index (χ0) is 17.8. The molecule has 0 aliphatic carbocycles. The lowest BCUT2D eigenvalue weighted by Crippen LogP contribution is -2.47. The van der Waals surface area contributed by atoms with Gasteiger partial charge in [-0.1, -0.05) is 6.92 Å². The Morgan fingerprint density at radius 3 is 2.44 bits per heavy atom. The zero-order valence-corrected chi connectivity index (χ0v) is 16.1. The quantitative estimate of drug-likeness (QED) is 0.825. The minimum Gasteiger partial charge on any atom is -0.340 e. The summed E-state index contributed by atoms with van der Waals surface area (Å²) in [4.78, 5) is 35.3. The molecule has 7 heteroatoms. The average molecular weight is 365 g/mol. The summed E-state index contributed by atoms with van der Waals surface area (Å²) in [6.07, 6.45) is 4.69. The Labute approximate surface area is 153 Å². The molecule has 2 fully saturated rings. The summed E-state index contributed by atoms with van der Waals surface area (Å²) in [5.74, 6) is 0.205. The van der Waals surface area contributed by atoms with Gasteiger partial charge in [-0.25, -0.2) is 9.78 Å². The molecule has 6 nitrogen and oxygen atoms in total. The lowest BCUT2D eigenvalue weighted by molar-refractivity contribution is -0.136. The molecule has 3 rings (SSSR count). The minimum absolute atomic E-state index is 0.0249. The van der Waals surface area contributed by atoms with Crippen molar-refractivity contribution in [3.63, 3.8) is 0 Å². The Balaban J connectivity index is 1.48. The Kier molecular flexibility index (Phi) is 5.93. The van der Waals surface area contributed by atoms with Crippen LogP contribution in [0, 0.1) is 5.92 Å². The highest BCUT2D eigenvalue weighted by atomic mass is 32.1. The smallest absolute Gasteiger partial charge is 0.319 e. The van der Waals surface area contributed by atoms with Crippen LogP contribution in [0.15, 0.2) is 5.38 Å². The number of aromatic nitrogens is 1. The van der Waals surface area contributed by atoms with Gasteiger partial charge < -0.3 is 14.7 Å². The van der Waals surface area contributed by atoms with E-state index in [1.54, 1.807) is 16.2 Å². The van der Waals surface area contributed by atoms with Crippen molar-refractivity contribution in [2.24, 2.45) is 5.92 Å². The number of aryl methyl sites for hydroxylation is 1. The number of nitrogens with zero attached hydrogens (tertiary/aromatic N) is 4. The maximum Gasteiger partial charge on any atom is 0.319 e. The third-order valence-corrected chi connectivity index (χ3v) is 6.21. The van der Waals surface area contributed by atoms with Crippen molar-refractivity contribution in [2.45, 2.75) is 45.6 Å². The second-order valence-corrected chi connectivity index (χ2v) is 7.96. The van der Waals surface area contributed by atoms with Gasteiger partial charge in [0.2, 0.25) is 5.91 Å². The van der Waals surface area contributed by atoms with Crippen LogP contribution in [-0.2, 0) is 17.8 Å². The average Bonchev–Trinajstić information content (AvgIpc) is 3.32. The monoisotopic (exact) mass is 364 g/mol. The summed E-state index contributed by atoms with van der Waals surface area (Å²) in [6.45, 7) is 5.81. The van der Waals surface area contributed by atoms with Crippen LogP contribution in [0.4, 0.5) is 4.79 Å². The molecule has 0 radical (unpaired) electrons. The van der Waals surface area contributed by atoms with Crippen LogP contribution >= 0.6 is 11.3 Å². The molecule has 25 heavy (non-hydrogen) atoms. The van der Waals surface area contributed by atoms with Crippen molar-refractivity contribution in [2.75, 3.05) is 33.2 Å². The van der Waals surface area contributed by atoms with Gasteiger partial charge in [0.25, 0.3) is 0 Å². The molecular weight excluding hydrogens is 336 g/mol. The van der Waals surface area contributed by atoms with E-state index in [0.717, 1.165) is 55.9 Å². The third kappa shape index (κ3) is 4.32. The van der Waals surface area contributed by atoms with Crippen LogP contribution in [0.5, 0.6) is 0 Å². The van der Waals surface area contributed by atoms with Crippen molar-refractivity contribution < 1.29 is 9.59 Å². The molecule has 1 aromatic rings. The number of hydrogen-bond acceptors (Lipinski definition) is 4. The molecule has 0 bridgehead atoms. The number of hydrogen-bond donors (Lipinski definition) is 0. The fraction of sp³-hybridized carbons (Fsp3) is 0.722. The maximum atomic E-state index is 12.7. The first-order valence-electron chi connectivity index (χ1n) is 9.30. The van der Waals surface area contributed by atoms with E-state index < -0.39 is 0 Å². The van der Waals surface area contributed by atoms with E-state index in [1.165, 1.54) is 0 Å². The fourth-order valence-electron chi connectivity index (χ4n) is 3.64. The molecule has 0 saturated carbocycles. The van der Waals surface area contributed by atoms with Crippen molar-refractivity contribution >= 4 is 23.3 Å². The summed E-state index contributed by atoms with van der Waals surface area (Å²) in [6, 6.07) is 0.159. The highest BCUT2D eigenvalue weighted by Gasteiger charge is 2.31. The molecule has 1 aromatic heterocycles. The summed E-state index contributed by atoms with van der Waals surface area (Å²) in [5, 5.41) is 3.16. The highest BCUT2D eigenvalue weighted by Crippen LogP contribution is 2.22. The van der Waals surface area contributed by atoms with Gasteiger partial charge in [0.05, 0.1) is 17.2 Å². The lowest BCUT2D eigenvalue weighted by Gasteiger charge is -2.35. The van der Waals surface area contributed by atoms with Gasteiger partial charge in [-0.15, -0.1) is 11.3 Å². The molecule has 0 aromatic carbocycles. The van der Waals surface area contributed by atoms with Crippen molar-refractivity contribution in [1.29, 1.82) is 0 Å². The number of carbonyl (C=O) groups excluding carboxylic acids is 2. The number of rotatable bonds is 4. The molecule has 2 aliphatic rings. The first-order valence-corrected chi connectivity index (χ1v) is 10.2. The van der Waals surface area contributed by atoms with E-state index in [-0.39, 0.29) is 17.9 Å². The van der Waals surface area contributed by atoms with Crippen molar-refractivity contribution in [3.05, 3.63) is 16.1 Å². The second kappa shape index (κ2) is 8.17. The van der Waals surface area contributed by atoms with Crippen LogP contribution in [0.2, 0.25) is 0 Å². The van der Waals surface area contributed by atoms with E-state index in [9.17, 15) is 9.59 Å². The van der Waals surface area contributed by atoms with Crippen LogP contribution in [0.1, 0.15) is 43.3 Å². The number of urea groups is 1. The Morgan fingerprint density at radius 1 is 1.20 bits per heavy atom. The SMILES string of the molecule is CCc1nc(CN(C)C(=O)C2CCN(C(=O)N3CCCC3)CC2)cs1. The van der Waals surface area contributed by atoms with E-state index in [0.29, 0.717) is 19.6 Å². The van der Waals surface area contributed by atoms with Gasteiger partial charge in [-0.2, -0.15) is 0 Å². The number of amides is 3. The van der Waals surface area contributed by atoms with Gasteiger partial charge in [0, 0.05) is 44.5 Å².